The molecule has 4 nitrogen and oxygen atoms in total. The second-order valence-electron chi connectivity index (χ2n) is 0.105. The van der Waals surface area contributed by atoms with Gasteiger partial charge >= 0.3 is 37.7 Å². The predicted octanol–water partition coefficient (Wildman–Crippen LogP) is -1.03. The van der Waals surface area contributed by atoms with E-state index in [9.17, 15) is 0 Å². The zero-order chi connectivity index (χ0) is 2.71. The molecule has 0 bridgehead atoms. The Morgan fingerprint density at radius 1 is 1.33 bits per heavy atom. The van der Waals surface area contributed by atoms with Crippen molar-refractivity contribution in [2.45, 2.75) is 0 Å². The molecule has 0 aliphatic heterocycles. The summed E-state index contributed by atoms with van der Waals surface area (Å²) in [5.74, 6) is 0. The summed E-state index contributed by atoms with van der Waals surface area (Å²) in [6.07, 6.45) is 0. The molecule has 0 saturated carbocycles. The molecule has 0 amide bonds. The molecule has 0 saturated heterocycles. The van der Waals surface area contributed by atoms with Crippen LogP contribution in [0.15, 0.2) is 0 Å². The second kappa shape index (κ2) is 44.9. The van der Waals surface area contributed by atoms with E-state index in [4.69, 9.17) is 9.90 Å². The van der Waals surface area contributed by atoms with Crippen LogP contribution in [0, 0.1) is 0 Å². The summed E-state index contributed by atoms with van der Waals surface area (Å²) >= 11 is 0. The van der Waals surface area contributed by atoms with E-state index < -0.39 is 0 Å². The molecule has 0 fully saturated rings. The van der Waals surface area contributed by atoms with E-state index >= 15 is 0 Å². The van der Waals surface area contributed by atoms with Crippen molar-refractivity contribution in [1.29, 1.82) is 0 Å². The van der Waals surface area contributed by atoms with Gasteiger partial charge in [0.15, 0.2) is 0 Å². The Bertz CT molecular complexity index is 15.0. The molecule has 0 aromatic heterocycles. The molecule has 0 aromatic rings. The average molecular weight is 120 g/mol. The molecule has 3 N–H and O–H groups in total. The first-order chi connectivity index (χ1) is 1.41. The number of hydrogen-bond acceptors (Lipinski definition) is 3. The standard InChI is InChI=1S/CH2O2.Ca.2H2O/c2-1-3;;;/h1H,(H,2,3);;2*1H2/q;+2;;/p-2. The minimum atomic E-state index is -0.250. The fourth-order valence-electron chi connectivity index (χ4n) is 0. The Balaban J connectivity index is -0.00000000667. The van der Waals surface area contributed by atoms with Gasteiger partial charge in [0, 0.05) is 0 Å². The maximum Gasteiger partial charge on any atom is 2.00 e. The van der Waals surface area contributed by atoms with Gasteiger partial charge in [0.05, 0.1) is 0 Å². The Morgan fingerprint density at radius 2 is 1.33 bits per heavy atom. The third kappa shape index (κ3) is 147. The maximum absolute atomic E-state index is 8.36. The first-order valence-electron chi connectivity index (χ1n) is 0.494. The molecule has 6 heavy (non-hydrogen) atoms. The fraction of sp³-hybridized carbons (Fsp3) is 0. The Morgan fingerprint density at radius 3 is 1.33 bits per heavy atom. The molecule has 0 heterocycles. The van der Waals surface area contributed by atoms with Crippen LogP contribution in [-0.2, 0) is 4.79 Å². The minimum absolute atomic E-state index is 0. The van der Waals surface area contributed by atoms with Gasteiger partial charge in [-0.25, -0.2) is 0 Å². The summed E-state index contributed by atoms with van der Waals surface area (Å²) < 4.78 is 0. The van der Waals surface area contributed by atoms with Crippen molar-refractivity contribution in [3.8, 4) is 0 Å². The molecule has 0 aliphatic carbocycles. The van der Waals surface area contributed by atoms with Gasteiger partial charge in [-0.15, -0.1) is 0 Å². The summed E-state index contributed by atoms with van der Waals surface area (Å²) in [6, 6.07) is 0. The van der Waals surface area contributed by atoms with Gasteiger partial charge in [0.2, 0.25) is 0 Å². The topological polar surface area (TPSA) is 97.3 Å². The summed E-state index contributed by atoms with van der Waals surface area (Å²) in [5, 5.41) is 6.89. The van der Waals surface area contributed by atoms with Gasteiger partial charge < -0.3 is 16.1 Å². The minimum Gasteiger partial charge on any atom is -0.870 e. The largest absolute Gasteiger partial charge is 2.00 e. The number of rotatable bonds is 0. The van der Waals surface area contributed by atoms with E-state index in [1.807, 2.05) is 0 Å². The number of carbonyl (C=O) groups is 1. The van der Waals surface area contributed by atoms with Gasteiger partial charge in [-0.3, -0.25) is 4.79 Å². The smallest absolute Gasteiger partial charge is 0.870 e. The average Bonchev–Trinajstić information content (AvgIpc) is 0.918. The normalized spacial score (nSPS) is 2.00. The molecule has 5 heteroatoms. The van der Waals surface area contributed by atoms with Gasteiger partial charge in [0.1, 0.15) is 0 Å². The quantitative estimate of drug-likeness (QED) is 0.326. The van der Waals surface area contributed by atoms with Crippen molar-refractivity contribution in [1.82, 2.24) is 0 Å². The zero-order valence-corrected chi connectivity index (χ0v) is 5.24. The van der Waals surface area contributed by atoms with Crippen LogP contribution in [0.2, 0.25) is 0 Å². The van der Waals surface area contributed by atoms with Crippen LogP contribution in [0.3, 0.4) is 0 Å². The van der Waals surface area contributed by atoms with Crippen LogP contribution in [-0.4, -0.2) is 60.3 Å². The number of hydrogen-bond donors (Lipinski definition) is 1. The van der Waals surface area contributed by atoms with Crippen molar-refractivity contribution in [2.24, 2.45) is 0 Å². The monoisotopic (exact) mass is 120 g/mol. The summed E-state index contributed by atoms with van der Waals surface area (Å²) in [7, 11) is 0. The van der Waals surface area contributed by atoms with E-state index in [0.29, 0.717) is 0 Å². The Hall–Kier alpha value is 0.650. The van der Waals surface area contributed by atoms with Gasteiger partial charge in [-0.2, -0.15) is 0 Å². The van der Waals surface area contributed by atoms with Crippen molar-refractivity contribution in [2.75, 3.05) is 0 Å². The molecule has 0 rings (SSSR count). The van der Waals surface area contributed by atoms with E-state index in [1.165, 1.54) is 0 Å². The van der Waals surface area contributed by atoms with Crippen LogP contribution in [0.1, 0.15) is 0 Å². The zero-order valence-electron chi connectivity index (χ0n) is 3.03. The SMILES string of the molecule is O=CO.[Ca+2].[OH-].[OH-]. The molecule has 0 unspecified atom stereocenters. The van der Waals surface area contributed by atoms with Crippen molar-refractivity contribution < 1.29 is 20.9 Å². The van der Waals surface area contributed by atoms with Crippen molar-refractivity contribution in [3.05, 3.63) is 0 Å². The molecule has 0 aliphatic rings. The molecular formula is CH4CaO4. The molecule has 0 radical (unpaired) electrons. The Labute approximate surface area is 64.8 Å². The summed E-state index contributed by atoms with van der Waals surface area (Å²) in [4.78, 5) is 8.36. The van der Waals surface area contributed by atoms with E-state index in [1.54, 1.807) is 0 Å². The Kier molecular flexibility index (Phi) is 226. The third-order valence-electron chi connectivity index (χ3n) is 0. The molecule has 0 atom stereocenters. The van der Waals surface area contributed by atoms with Gasteiger partial charge in [-0.05, 0) is 0 Å². The van der Waals surface area contributed by atoms with Crippen LogP contribution < -0.4 is 0 Å². The first kappa shape index (κ1) is 30.2. The summed E-state index contributed by atoms with van der Waals surface area (Å²) in [5.41, 5.74) is 0. The van der Waals surface area contributed by atoms with Gasteiger partial charge in [0.25, 0.3) is 6.47 Å². The van der Waals surface area contributed by atoms with Crippen LogP contribution in [0.4, 0.5) is 0 Å². The number of carboxylic acid groups (broad SMARTS) is 1. The van der Waals surface area contributed by atoms with E-state index in [-0.39, 0.29) is 55.2 Å². The van der Waals surface area contributed by atoms with Crippen LogP contribution in [0.5, 0.6) is 0 Å². The third-order valence-corrected chi connectivity index (χ3v) is 0. The van der Waals surface area contributed by atoms with Crippen LogP contribution in [0.25, 0.3) is 0 Å². The molecule has 0 aromatic carbocycles. The van der Waals surface area contributed by atoms with Crippen molar-refractivity contribution in [3.63, 3.8) is 0 Å². The molecule has 0 spiro atoms. The van der Waals surface area contributed by atoms with Crippen molar-refractivity contribution >= 4 is 44.2 Å². The fourth-order valence-corrected chi connectivity index (χ4v) is 0. The summed E-state index contributed by atoms with van der Waals surface area (Å²) in [6.45, 7) is -0.250. The molecule has 34 valence electrons. The van der Waals surface area contributed by atoms with Gasteiger partial charge in [-0.1, -0.05) is 0 Å². The maximum atomic E-state index is 8.36. The van der Waals surface area contributed by atoms with E-state index in [2.05, 4.69) is 0 Å². The van der Waals surface area contributed by atoms with Crippen LogP contribution >= 0.6 is 0 Å². The first-order valence-corrected chi connectivity index (χ1v) is 0.494. The van der Waals surface area contributed by atoms with E-state index in [0.717, 1.165) is 0 Å². The second-order valence-corrected chi connectivity index (χ2v) is 0.105. The predicted molar refractivity (Wildman–Crippen MR) is 18.3 cm³/mol. The molecular weight excluding hydrogens is 116 g/mol.